The summed E-state index contributed by atoms with van der Waals surface area (Å²) in [7, 11) is 0. The highest BCUT2D eigenvalue weighted by Crippen LogP contribution is 2.18. The molecular weight excluding hydrogens is 522 g/mol. The van der Waals surface area contributed by atoms with Crippen molar-refractivity contribution in [3.63, 3.8) is 0 Å². The van der Waals surface area contributed by atoms with Crippen LogP contribution in [0.5, 0.6) is 0 Å². The monoisotopic (exact) mass is 549 g/mol. The Bertz CT molecular complexity index is 1270. The highest BCUT2D eigenvalue weighted by molar-refractivity contribution is 5.97. The number of hydrogen-bond acceptors (Lipinski definition) is 8. The third-order valence-electron chi connectivity index (χ3n) is 5.47. The highest BCUT2D eigenvalue weighted by Gasteiger charge is 2.33. The number of para-hydroxylation sites is 1. The highest BCUT2D eigenvalue weighted by atomic mass is 16.4. The predicted molar refractivity (Wildman–Crippen MR) is 130 cm³/mol. The SMILES string of the molecule is NC(Cc1c[nH]c2ccccc12)C(=O)NC(CC(=O)O)C(=O)NC(CC(=O)O)C(=O)NC(CC(=O)O)C(=O)O. The molecule has 10 N–H and O–H groups in total. The summed E-state index contributed by atoms with van der Waals surface area (Å²) in [5.41, 5.74) is 7.44. The summed E-state index contributed by atoms with van der Waals surface area (Å²) in [5, 5.41) is 43.0. The molecular formula is C23H27N5O11. The van der Waals surface area contributed by atoms with Crippen molar-refractivity contribution in [3.8, 4) is 0 Å². The molecule has 2 aromatic rings. The first-order chi connectivity index (χ1) is 18.3. The summed E-state index contributed by atoms with van der Waals surface area (Å²) < 4.78 is 0. The number of aliphatic carboxylic acids is 4. The van der Waals surface area contributed by atoms with Crippen LogP contribution in [0.15, 0.2) is 30.5 Å². The fourth-order valence-electron chi connectivity index (χ4n) is 3.60. The Morgan fingerprint density at radius 1 is 0.718 bits per heavy atom. The molecule has 210 valence electrons. The van der Waals surface area contributed by atoms with Gasteiger partial charge in [0.05, 0.1) is 25.3 Å². The van der Waals surface area contributed by atoms with Gasteiger partial charge < -0.3 is 47.1 Å². The van der Waals surface area contributed by atoms with Crippen LogP contribution in [0.1, 0.15) is 24.8 Å². The van der Waals surface area contributed by atoms with Crippen LogP contribution in [-0.2, 0) is 40.0 Å². The fourth-order valence-corrected chi connectivity index (χ4v) is 3.60. The van der Waals surface area contributed by atoms with E-state index in [1.54, 1.807) is 24.4 Å². The first-order valence-electron chi connectivity index (χ1n) is 11.4. The third-order valence-corrected chi connectivity index (χ3v) is 5.47. The fraction of sp³-hybridized carbons (Fsp3) is 0.348. The van der Waals surface area contributed by atoms with Gasteiger partial charge in [0.15, 0.2) is 0 Å². The molecule has 0 aliphatic heterocycles. The van der Waals surface area contributed by atoms with E-state index in [0.29, 0.717) is 5.56 Å². The number of rotatable bonds is 15. The minimum Gasteiger partial charge on any atom is -0.481 e. The van der Waals surface area contributed by atoms with Crippen molar-refractivity contribution in [2.75, 3.05) is 0 Å². The van der Waals surface area contributed by atoms with Gasteiger partial charge in [-0.2, -0.15) is 0 Å². The maximum Gasteiger partial charge on any atom is 0.326 e. The van der Waals surface area contributed by atoms with Gasteiger partial charge in [0.1, 0.15) is 18.1 Å². The zero-order chi connectivity index (χ0) is 29.3. The zero-order valence-corrected chi connectivity index (χ0v) is 20.2. The van der Waals surface area contributed by atoms with Crippen molar-refractivity contribution in [2.45, 2.75) is 49.9 Å². The van der Waals surface area contributed by atoms with Crippen molar-refractivity contribution < 1.29 is 54.0 Å². The second-order valence-corrected chi connectivity index (χ2v) is 8.49. The molecule has 1 heterocycles. The molecule has 0 aliphatic rings. The Hall–Kier alpha value is -4.99. The molecule has 0 spiro atoms. The minimum atomic E-state index is -1.94. The van der Waals surface area contributed by atoms with E-state index >= 15 is 0 Å². The van der Waals surface area contributed by atoms with E-state index < -0.39 is 85.0 Å². The Morgan fingerprint density at radius 2 is 1.18 bits per heavy atom. The number of aromatic nitrogens is 1. The maximum atomic E-state index is 12.8. The van der Waals surface area contributed by atoms with Gasteiger partial charge in [-0.15, -0.1) is 0 Å². The topological polar surface area (TPSA) is 278 Å². The second kappa shape index (κ2) is 13.5. The molecule has 16 heteroatoms. The number of carbonyl (C=O) groups excluding carboxylic acids is 3. The van der Waals surface area contributed by atoms with E-state index in [-0.39, 0.29) is 6.42 Å². The van der Waals surface area contributed by atoms with Gasteiger partial charge >= 0.3 is 23.9 Å². The normalized spacial score (nSPS) is 13.9. The van der Waals surface area contributed by atoms with Crippen molar-refractivity contribution in [2.24, 2.45) is 5.73 Å². The number of benzene rings is 1. The zero-order valence-electron chi connectivity index (χ0n) is 20.2. The smallest absolute Gasteiger partial charge is 0.326 e. The molecule has 39 heavy (non-hydrogen) atoms. The first kappa shape index (κ1) is 30.2. The molecule has 0 saturated carbocycles. The van der Waals surface area contributed by atoms with Crippen molar-refractivity contribution in [1.29, 1.82) is 0 Å². The number of carboxylic acids is 4. The number of carbonyl (C=O) groups is 7. The maximum absolute atomic E-state index is 12.8. The number of nitrogens with two attached hydrogens (primary N) is 1. The van der Waals surface area contributed by atoms with E-state index in [1.807, 2.05) is 16.7 Å². The molecule has 0 radical (unpaired) electrons. The standard InChI is InChI=1S/C23H27N5O11/c24-12(5-10-9-25-13-4-2-1-3-11(10)13)20(35)26-14(6-17(29)30)21(36)27-15(7-18(31)32)22(37)28-16(23(38)39)8-19(33)34/h1-4,9,12,14-16,25H,5-8,24H2,(H,26,35)(H,27,36)(H,28,37)(H,29,30)(H,31,32)(H,33,34)(H,38,39). The van der Waals surface area contributed by atoms with Crippen LogP contribution in [0.4, 0.5) is 0 Å². The van der Waals surface area contributed by atoms with E-state index in [1.165, 1.54) is 0 Å². The number of carboxylic acid groups (broad SMARTS) is 4. The van der Waals surface area contributed by atoms with Crippen LogP contribution in [0, 0.1) is 0 Å². The average Bonchev–Trinajstić information content (AvgIpc) is 3.24. The van der Waals surface area contributed by atoms with Crippen molar-refractivity contribution in [1.82, 2.24) is 20.9 Å². The van der Waals surface area contributed by atoms with Gasteiger partial charge in [-0.25, -0.2) is 4.79 Å². The Labute approximate surface area is 219 Å². The predicted octanol–water partition coefficient (Wildman–Crippen LogP) is -2.00. The van der Waals surface area contributed by atoms with Gasteiger partial charge in [0.25, 0.3) is 0 Å². The van der Waals surface area contributed by atoms with Gasteiger partial charge in [-0.1, -0.05) is 18.2 Å². The van der Waals surface area contributed by atoms with Crippen LogP contribution in [0.3, 0.4) is 0 Å². The van der Waals surface area contributed by atoms with Gasteiger partial charge in [-0.05, 0) is 18.1 Å². The summed E-state index contributed by atoms with van der Waals surface area (Å²) >= 11 is 0. The van der Waals surface area contributed by atoms with Crippen molar-refractivity contribution in [3.05, 3.63) is 36.0 Å². The number of fused-ring (bicyclic) bond motifs is 1. The summed E-state index contributed by atoms with van der Waals surface area (Å²) in [5.74, 6) is -9.95. The van der Waals surface area contributed by atoms with E-state index in [4.69, 9.17) is 21.1 Å². The summed E-state index contributed by atoms with van der Waals surface area (Å²) in [6.07, 6.45) is -1.41. The van der Waals surface area contributed by atoms with Gasteiger partial charge in [0.2, 0.25) is 17.7 Å². The minimum absolute atomic E-state index is 0.0153. The lowest BCUT2D eigenvalue weighted by Gasteiger charge is -2.23. The van der Waals surface area contributed by atoms with Crippen LogP contribution in [-0.4, -0.2) is 91.2 Å². The summed E-state index contributed by atoms with van der Waals surface area (Å²) in [4.78, 5) is 85.7. The van der Waals surface area contributed by atoms with Gasteiger partial charge in [0, 0.05) is 17.1 Å². The Kier molecular flexibility index (Phi) is 10.5. The molecule has 1 aromatic heterocycles. The second-order valence-electron chi connectivity index (χ2n) is 8.49. The summed E-state index contributed by atoms with van der Waals surface area (Å²) in [6.45, 7) is 0. The van der Waals surface area contributed by atoms with Crippen molar-refractivity contribution >= 4 is 52.5 Å². The van der Waals surface area contributed by atoms with Gasteiger partial charge in [-0.3, -0.25) is 28.8 Å². The van der Waals surface area contributed by atoms with Crippen LogP contribution >= 0.6 is 0 Å². The number of amides is 3. The van der Waals surface area contributed by atoms with E-state index in [0.717, 1.165) is 10.9 Å². The molecule has 4 unspecified atom stereocenters. The Balaban J connectivity index is 2.15. The molecule has 1 aromatic carbocycles. The first-order valence-corrected chi connectivity index (χ1v) is 11.4. The van der Waals surface area contributed by atoms with E-state index in [9.17, 15) is 38.7 Å². The molecule has 2 rings (SSSR count). The lowest BCUT2D eigenvalue weighted by molar-refractivity contribution is -0.148. The molecule has 3 amide bonds. The van der Waals surface area contributed by atoms with Crippen LogP contribution in [0.25, 0.3) is 10.9 Å². The number of nitrogens with one attached hydrogen (secondary N) is 4. The molecule has 0 fully saturated rings. The molecule has 0 aliphatic carbocycles. The number of H-pyrrole nitrogens is 1. The lowest BCUT2D eigenvalue weighted by Crippen LogP contribution is -2.58. The lowest BCUT2D eigenvalue weighted by atomic mass is 10.0. The Morgan fingerprint density at radius 3 is 1.69 bits per heavy atom. The van der Waals surface area contributed by atoms with Crippen LogP contribution in [0.2, 0.25) is 0 Å². The van der Waals surface area contributed by atoms with Crippen LogP contribution < -0.4 is 21.7 Å². The number of hydrogen-bond donors (Lipinski definition) is 9. The quantitative estimate of drug-likeness (QED) is 0.117. The molecule has 0 bridgehead atoms. The molecule has 16 nitrogen and oxygen atoms in total. The molecule has 0 saturated heterocycles. The average molecular weight is 549 g/mol. The van der Waals surface area contributed by atoms with E-state index in [2.05, 4.69) is 10.3 Å². The molecule has 4 atom stereocenters. The summed E-state index contributed by atoms with van der Waals surface area (Å²) in [6, 6.07) is 0.298. The number of aromatic amines is 1. The third kappa shape index (κ3) is 9.12. The largest absolute Gasteiger partial charge is 0.481 e.